The standard InChI is InChI=1S/C25H36O2.C18H13OS/c26-25(27)24-22(19-12-6-2-7-13-19)16-21(18-10-4-1-5-11-18)17-23(24)20-14-8-3-9-15-20;1-2-8-14(9-3-1)20-17-12-6-4-10-15(17)19-16-11-5-7-13-18(16)20/h16-20H,1-15H2,(H,26,27);1-13H/q;+1/p-1. The summed E-state index contributed by atoms with van der Waals surface area (Å²) in [5.74, 6) is 2.51. The lowest BCUT2D eigenvalue weighted by molar-refractivity contribution is -0.255. The van der Waals surface area contributed by atoms with Gasteiger partial charge in [-0.05, 0) is 109 Å². The fourth-order valence-electron chi connectivity index (χ4n) is 8.54. The molecule has 1 heterocycles. The Balaban J connectivity index is 0.000000156. The molecule has 0 spiro atoms. The van der Waals surface area contributed by atoms with Crippen molar-refractivity contribution in [1.29, 1.82) is 0 Å². The molecule has 3 saturated carbocycles. The summed E-state index contributed by atoms with van der Waals surface area (Å²) in [5.41, 5.74) is 4.31. The SMILES string of the molecule is O=C([O-])c1c(C2CCCCC2)cc(C2CCCCC2)cc1C1CCCCC1.c1ccc([S+]2c3ccccc3Oc3ccccc32)cc1. The number of hydrogen-bond acceptors (Lipinski definition) is 3. The number of carbonyl (C=O) groups is 1. The first kappa shape index (κ1) is 32.1. The van der Waals surface area contributed by atoms with Gasteiger partial charge in [-0.3, -0.25) is 0 Å². The second kappa shape index (κ2) is 15.2. The molecule has 8 rings (SSSR count). The Bertz CT molecular complexity index is 1560. The minimum atomic E-state index is -0.925. The molecule has 4 heteroatoms. The van der Waals surface area contributed by atoms with Gasteiger partial charge in [-0.2, -0.15) is 0 Å². The number of aromatic carboxylic acids is 1. The average Bonchev–Trinajstić information content (AvgIpc) is 3.15. The van der Waals surface area contributed by atoms with Crippen LogP contribution in [0.5, 0.6) is 11.5 Å². The van der Waals surface area contributed by atoms with Crippen LogP contribution in [0.1, 0.15) is 141 Å². The van der Waals surface area contributed by atoms with Crippen molar-refractivity contribution in [3.63, 3.8) is 0 Å². The van der Waals surface area contributed by atoms with Crippen molar-refractivity contribution in [2.45, 2.75) is 129 Å². The van der Waals surface area contributed by atoms with Crippen molar-refractivity contribution < 1.29 is 14.6 Å². The Morgan fingerprint density at radius 2 is 0.979 bits per heavy atom. The maximum atomic E-state index is 12.3. The number of carbonyl (C=O) groups excluding carboxylic acids is 1. The first-order valence-electron chi connectivity index (χ1n) is 18.2. The first-order valence-corrected chi connectivity index (χ1v) is 19.4. The van der Waals surface area contributed by atoms with Crippen LogP contribution < -0.4 is 9.84 Å². The van der Waals surface area contributed by atoms with Crippen molar-refractivity contribution in [2.75, 3.05) is 0 Å². The molecular weight excluding hydrogens is 597 g/mol. The summed E-state index contributed by atoms with van der Waals surface area (Å²) in [7, 11) is -0.0829. The number of ether oxygens (including phenoxy) is 1. The molecule has 0 saturated heterocycles. The molecule has 3 fully saturated rings. The molecule has 3 aliphatic carbocycles. The van der Waals surface area contributed by atoms with Gasteiger partial charge in [-0.15, -0.1) is 0 Å². The summed E-state index contributed by atoms with van der Waals surface area (Å²) >= 11 is 0. The molecule has 4 aromatic rings. The minimum absolute atomic E-state index is 0.0829. The fourth-order valence-corrected chi connectivity index (χ4v) is 10.8. The normalized spacial score (nSPS) is 19.1. The van der Waals surface area contributed by atoms with Crippen LogP contribution in [0.2, 0.25) is 0 Å². The minimum Gasteiger partial charge on any atom is -0.545 e. The number of rotatable bonds is 5. The third kappa shape index (κ3) is 7.18. The third-order valence-corrected chi connectivity index (χ3v) is 13.2. The van der Waals surface area contributed by atoms with Gasteiger partial charge in [-0.25, -0.2) is 0 Å². The summed E-state index contributed by atoms with van der Waals surface area (Å²) in [5, 5.41) is 12.3. The van der Waals surface area contributed by atoms with Gasteiger partial charge in [-0.1, -0.05) is 112 Å². The van der Waals surface area contributed by atoms with E-state index in [-0.39, 0.29) is 10.9 Å². The van der Waals surface area contributed by atoms with Crippen LogP contribution in [0.3, 0.4) is 0 Å². The number of carboxylic acids is 1. The van der Waals surface area contributed by atoms with Crippen molar-refractivity contribution >= 4 is 16.9 Å². The van der Waals surface area contributed by atoms with E-state index in [1.54, 1.807) is 0 Å². The fraction of sp³-hybridized carbons (Fsp3) is 0.419. The highest BCUT2D eigenvalue weighted by Crippen LogP contribution is 2.47. The van der Waals surface area contributed by atoms with Crippen molar-refractivity contribution in [3.8, 4) is 11.5 Å². The van der Waals surface area contributed by atoms with E-state index in [1.807, 2.05) is 24.3 Å². The topological polar surface area (TPSA) is 49.4 Å². The summed E-state index contributed by atoms with van der Waals surface area (Å²) in [6, 6.07) is 31.9. The molecule has 244 valence electrons. The quantitative estimate of drug-likeness (QED) is 0.179. The smallest absolute Gasteiger partial charge is 0.209 e. The zero-order chi connectivity index (χ0) is 32.0. The average molecular weight is 645 g/mol. The Labute approximate surface area is 284 Å². The van der Waals surface area contributed by atoms with E-state index in [0.29, 0.717) is 23.3 Å². The Morgan fingerprint density at radius 3 is 1.45 bits per heavy atom. The molecule has 0 bridgehead atoms. The molecule has 4 aromatic carbocycles. The number of carboxylic acid groups (broad SMARTS) is 1. The van der Waals surface area contributed by atoms with Crippen LogP contribution >= 0.6 is 0 Å². The first-order chi connectivity index (χ1) is 23.2. The maximum Gasteiger partial charge on any atom is 0.209 e. The lowest BCUT2D eigenvalue weighted by Crippen LogP contribution is -2.28. The molecule has 0 unspecified atom stereocenters. The zero-order valence-electron chi connectivity index (χ0n) is 27.6. The molecule has 47 heavy (non-hydrogen) atoms. The van der Waals surface area contributed by atoms with Gasteiger partial charge in [0.25, 0.3) is 0 Å². The van der Waals surface area contributed by atoms with E-state index < -0.39 is 5.97 Å². The predicted octanol–water partition coefficient (Wildman–Crippen LogP) is 11.1. The van der Waals surface area contributed by atoms with Gasteiger partial charge in [0.2, 0.25) is 9.79 Å². The Hall–Kier alpha value is -3.50. The maximum absolute atomic E-state index is 12.3. The van der Waals surface area contributed by atoms with Crippen molar-refractivity contribution in [3.05, 3.63) is 113 Å². The third-order valence-electron chi connectivity index (χ3n) is 10.9. The molecule has 1 aliphatic heterocycles. The van der Waals surface area contributed by atoms with Crippen LogP contribution in [0, 0.1) is 0 Å². The van der Waals surface area contributed by atoms with Crippen molar-refractivity contribution in [1.82, 2.24) is 0 Å². The van der Waals surface area contributed by atoms with E-state index in [9.17, 15) is 9.90 Å². The van der Waals surface area contributed by atoms with E-state index in [2.05, 4.69) is 66.7 Å². The molecule has 4 aliphatic rings. The number of fused-ring (bicyclic) bond motifs is 2. The van der Waals surface area contributed by atoms with E-state index in [0.717, 1.165) is 48.3 Å². The van der Waals surface area contributed by atoms with Crippen LogP contribution in [0.4, 0.5) is 0 Å². The lowest BCUT2D eigenvalue weighted by atomic mass is 9.73. The largest absolute Gasteiger partial charge is 0.545 e. The molecule has 0 amide bonds. The molecular formula is C43H48O3S. The molecule has 0 aromatic heterocycles. The van der Waals surface area contributed by atoms with Gasteiger partial charge < -0.3 is 14.6 Å². The number of para-hydroxylation sites is 2. The van der Waals surface area contributed by atoms with Crippen LogP contribution in [0.25, 0.3) is 0 Å². The van der Waals surface area contributed by atoms with Gasteiger partial charge >= 0.3 is 0 Å². The predicted molar refractivity (Wildman–Crippen MR) is 190 cm³/mol. The van der Waals surface area contributed by atoms with Gasteiger partial charge in [0, 0.05) is 5.56 Å². The van der Waals surface area contributed by atoms with Gasteiger partial charge in [0.1, 0.15) is 10.9 Å². The highest BCUT2D eigenvalue weighted by Gasteiger charge is 2.38. The van der Waals surface area contributed by atoms with Crippen LogP contribution in [0.15, 0.2) is 106 Å². The van der Waals surface area contributed by atoms with Gasteiger partial charge in [0.15, 0.2) is 16.4 Å². The Kier molecular flexibility index (Phi) is 10.3. The van der Waals surface area contributed by atoms with Crippen LogP contribution in [-0.4, -0.2) is 5.97 Å². The molecule has 0 N–H and O–H groups in total. The highest BCUT2D eigenvalue weighted by atomic mass is 32.2. The highest BCUT2D eigenvalue weighted by molar-refractivity contribution is 7.97. The van der Waals surface area contributed by atoms with Crippen LogP contribution in [-0.2, 0) is 10.9 Å². The number of benzene rings is 4. The van der Waals surface area contributed by atoms with Gasteiger partial charge in [0.05, 0.1) is 5.97 Å². The Morgan fingerprint density at radius 1 is 0.553 bits per heavy atom. The summed E-state index contributed by atoms with van der Waals surface area (Å²) < 4.78 is 6.04. The van der Waals surface area contributed by atoms with E-state index in [4.69, 9.17) is 4.74 Å². The van der Waals surface area contributed by atoms with E-state index >= 15 is 0 Å². The lowest BCUT2D eigenvalue weighted by Gasteiger charge is -2.32. The summed E-state index contributed by atoms with van der Waals surface area (Å²) in [6.07, 6.45) is 18.7. The number of hydrogen-bond donors (Lipinski definition) is 0. The zero-order valence-corrected chi connectivity index (χ0v) is 28.4. The summed E-state index contributed by atoms with van der Waals surface area (Å²) in [6.45, 7) is 0. The van der Waals surface area contributed by atoms with E-state index in [1.165, 1.54) is 90.9 Å². The molecule has 3 nitrogen and oxygen atoms in total. The van der Waals surface area contributed by atoms with Crippen molar-refractivity contribution in [2.24, 2.45) is 0 Å². The second-order valence-corrected chi connectivity index (χ2v) is 15.9. The second-order valence-electron chi connectivity index (χ2n) is 14.0. The molecule has 0 atom stereocenters. The monoisotopic (exact) mass is 644 g/mol. The molecule has 0 radical (unpaired) electrons. The summed E-state index contributed by atoms with van der Waals surface area (Å²) in [4.78, 5) is 16.2.